The van der Waals surface area contributed by atoms with E-state index in [1.807, 2.05) is 30.6 Å². The van der Waals surface area contributed by atoms with Crippen molar-refractivity contribution in [1.82, 2.24) is 9.38 Å². The van der Waals surface area contributed by atoms with Crippen molar-refractivity contribution in [3.63, 3.8) is 0 Å². The van der Waals surface area contributed by atoms with Crippen molar-refractivity contribution in [2.24, 2.45) is 0 Å². The molecule has 2 aromatic heterocycles. The van der Waals surface area contributed by atoms with E-state index >= 15 is 0 Å². The SMILES string of the molecule is O=C1C=C(Cc2cccc(-c3cnc4ccccn34)c2)CC1. The van der Waals surface area contributed by atoms with Crippen molar-refractivity contribution in [2.45, 2.75) is 19.3 Å². The van der Waals surface area contributed by atoms with Gasteiger partial charge in [0.15, 0.2) is 5.78 Å². The molecule has 0 aliphatic heterocycles. The molecule has 0 bridgehead atoms. The summed E-state index contributed by atoms with van der Waals surface area (Å²) in [5.41, 5.74) is 5.67. The number of allylic oxidation sites excluding steroid dienone is 2. The van der Waals surface area contributed by atoms with Crippen LogP contribution in [0.2, 0.25) is 0 Å². The van der Waals surface area contributed by atoms with E-state index in [1.54, 1.807) is 6.08 Å². The van der Waals surface area contributed by atoms with Crippen molar-refractivity contribution < 1.29 is 4.79 Å². The minimum atomic E-state index is 0.257. The number of ketones is 1. The van der Waals surface area contributed by atoms with Gasteiger partial charge in [-0.25, -0.2) is 4.98 Å². The number of benzene rings is 1. The number of hydrogen-bond acceptors (Lipinski definition) is 2. The highest BCUT2D eigenvalue weighted by atomic mass is 16.1. The van der Waals surface area contributed by atoms with Crippen LogP contribution in [0.15, 0.2) is 66.5 Å². The first-order valence-corrected chi connectivity index (χ1v) is 7.53. The average molecular weight is 288 g/mol. The van der Waals surface area contributed by atoms with Crippen LogP contribution in [0.3, 0.4) is 0 Å². The molecule has 1 aliphatic carbocycles. The van der Waals surface area contributed by atoms with Gasteiger partial charge in [0, 0.05) is 18.2 Å². The normalized spacial score (nSPS) is 14.5. The van der Waals surface area contributed by atoms with Gasteiger partial charge in [0.25, 0.3) is 0 Å². The molecule has 0 N–H and O–H groups in total. The summed E-state index contributed by atoms with van der Waals surface area (Å²) in [6.07, 6.45) is 8.17. The Bertz CT molecular complexity index is 889. The third-order valence-corrected chi connectivity index (χ3v) is 4.13. The zero-order valence-corrected chi connectivity index (χ0v) is 12.2. The highest BCUT2D eigenvalue weighted by Crippen LogP contribution is 2.25. The lowest BCUT2D eigenvalue weighted by Gasteiger charge is -2.06. The minimum Gasteiger partial charge on any atom is -0.300 e. The van der Waals surface area contributed by atoms with Gasteiger partial charge in [0.05, 0.1) is 11.9 Å². The first-order valence-electron chi connectivity index (χ1n) is 7.53. The molecule has 4 rings (SSSR count). The Morgan fingerprint density at radius 1 is 1.09 bits per heavy atom. The van der Waals surface area contributed by atoms with Crippen LogP contribution in [0.1, 0.15) is 18.4 Å². The number of aromatic nitrogens is 2. The van der Waals surface area contributed by atoms with Gasteiger partial charge in [-0.15, -0.1) is 0 Å². The monoisotopic (exact) mass is 288 g/mol. The molecule has 0 spiro atoms. The lowest BCUT2D eigenvalue weighted by Crippen LogP contribution is -1.91. The molecule has 108 valence electrons. The molecule has 3 heteroatoms. The van der Waals surface area contributed by atoms with E-state index in [1.165, 1.54) is 11.1 Å². The summed E-state index contributed by atoms with van der Waals surface area (Å²) in [5.74, 6) is 0.257. The van der Waals surface area contributed by atoms with E-state index < -0.39 is 0 Å². The molecule has 22 heavy (non-hydrogen) atoms. The van der Waals surface area contributed by atoms with Crippen molar-refractivity contribution >= 4 is 11.4 Å². The van der Waals surface area contributed by atoms with E-state index in [0.29, 0.717) is 6.42 Å². The predicted molar refractivity (Wildman–Crippen MR) is 86.7 cm³/mol. The second-order valence-corrected chi connectivity index (χ2v) is 5.72. The molecule has 0 atom stereocenters. The van der Waals surface area contributed by atoms with Crippen LogP contribution in [0.4, 0.5) is 0 Å². The van der Waals surface area contributed by atoms with Crippen LogP contribution in [-0.4, -0.2) is 15.2 Å². The van der Waals surface area contributed by atoms with Gasteiger partial charge in [-0.1, -0.05) is 29.8 Å². The minimum absolute atomic E-state index is 0.257. The van der Waals surface area contributed by atoms with Crippen LogP contribution in [0.25, 0.3) is 16.9 Å². The summed E-state index contributed by atoms with van der Waals surface area (Å²) in [6.45, 7) is 0. The van der Waals surface area contributed by atoms with Crippen LogP contribution in [0, 0.1) is 0 Å². The van der Waals surface area contributed by atoms with Gasteiger partial charge in [-0.05, 0) is 42.7 Å². The van der Waals surface area contributed by atoms with Crippen LogP contribution in [-0.2, 0) is 11.2 Å². The number of pyridine rings is 1. The highest BCUT2D eigenvalue weighted by molar-refractivity contribution is 5.93. The van der Waals surface area contributed by atoms with E-state index in [9.17, 15) is 4.79 Å². The van der Waals surface area contributed by atoms with Crippen LogP contribution >= 0.6 is 0 Å². The number of nitrogens with zero attached hydrogens (tertiary/aromatic N) is 2. The Morgan fingerprint density at radius 2 is 2.05 bits per heavy atom. The molecule has 0 saturated carbocycles. The van der Waals surface area contributed by atoms with E-state index in [2.05, 4.69) is 33.7 Å². The Kier molecular flexibility index (Phi) is 3.11. The maximum absolute atomic E-state index is 11.4. The number of fused-ring (bicyclic) bond motifs is 1. The second-order valence-electron chi connectivity index (χ2n) is 5.72. The Labute approximate surface area is 128 Å². The molecule has 0 amide bonds. The van der Waals surface area contributed by atoms with Gasteiger partial charge in [-0.2, -0.15) is 0 Å². The van der Waals surface area contributed by atoms with Crippen molar-refractivity contribution in [1.29, 1.82) is 0 Å². The zero-order chi connectivity index (χ0) is 14.9. The lowest BCUT2D eigenvalue weighted by molar-refractivity contribution is -0.114. The fourth-order valence-electron chi connectivity index (χ4n) is 3.04. The first kappa shape index (κ1) is 13.0. The Morgan fingerprint density at radius 3 is 2.91 bits per heavy atom. The molecular weight excluding hydrogens is 272 g/mol. The summed E-state index contributed by atoms with van der Waals surface area (Å²) < 4.78 is 2.09. The van der Waals surface area contributed by atoms with Crippen LogP contribution < -0.4 is 0 Å². The quantitative estimate of drug-likeness (QED) is 0.734. The summed E-state index contributed by atoms with van der Waals surface area (Å²) >= 11 is 0. The van der Waals surface area contributed by atoms with Gasteiger partial charge >= 0.3 is 0 Å². The van der Waals surface area contributed by atoms with Gasteiger partial charge < -0.3 is 0 Å². The molecule has 1 aliphatic rings. The smallest absolute Gasteiger partial charge is 0.155 e. The largest absolute Gasteiger partial charge is 0.300 e. The summed E-state index contributed by atoms with van der Waals surface area (Å²) in [4.78, 5) is 15.8. The number of carbonyl (C=O) groups is 1. The van der Waals surface area contributed by atoms with Crippen LogP contribution in [0.5, 0.6) is 0 Å². The number of rotatable bonds is 3. The molecule has 0 saturated heterocycles. The fourth-order valence-corrected chi connectivity index (χ4v) is 3.04. The van der Waals surface area contributed by atoms with Crippen molar-refractivity contribution in [3.05, 3.63) is 72.1 Å². The van der Waals surface area contributed by atoms with E-state index in [-0.39, 0.29) is 5.78 Å². The molecule has 0 fully saturated rings. The molecule has 0 radical (unpaired) electrons. The maximum Gasteiger partial charge on any atom is 0.155 e. The van der Waals surface area contributed by atoms with E-state index in [0.717, 1.165) is 29.7 Å². The van der Waals surface area contributed by atoms with Crippen molar-refractivity contribution in [2.75, 3.05) is 0 Å². The number of imidazole rings is 1. The van der Waals surface area contributed by atoms with Gasteiger partial charge in [0.2, 0.25) is 0 Å². The maximum atomic E-state index is 11.4. The molecule has 3 aromatic rings. The van der Waals surface area contributed by atoms with Gasteiger partial charge in [-0.3, -0.25) is 9.20 Å². The number of hydrogen-bond donors (Lipinski definition) is 0. The summed E-state index contributed by atoms with van der Waals surface area (Å²) in [5, 5.41) is 0. The van der Waals surface area contributed by atoms with E-state index in [4.69, 9.17) is 0 Å². The summed E-state index contributed by atoms with van der Waals surface area (Å²) in [7, 11) is 0. The third kappa shape index (κ3) is 2.35. The molecule has 0 unspecified atom stereocenters. The van der Waals surface area contributed by atoms with Crippen molar-refractivity contribution in [3.8, 4) is 11.3 Å². The Balaban J connectivity index is 1.70. The first-order chi connectivity index (χ1) is 10.8. The topological polar surface area (TPSA) is 34.4 Å². The second kappa shape index (κ2) is 5.26. The molecule has 3 nitrogen and oxygen atoms in total. The zero-order valence-electron chi connectivity index (χ0n) is 12.2. The Hall–Kier alpha value is -2.68. The molecular formula is C19H16N2O. The highest BCUT2D eigenvalue weighted by Gasteiger charge is 2.13. The third-order valence-electron chi connectivity index (χ3n) is 4.13. The predicted octanol–water partition coefficient (Wildman–Crippen LogP) is 3.83. The molecule has 1 aromatic carbocycles. The van der Waals surface area contributed by atoms with Gasteiger partial charge in [0.1, 0.15) is 5.65 Å². The summed E-state index contributed by atoms with van der Waals surface area (Å²) in [6, 6.07) is 14.5. The fraction of sp³-hybridized carbons (Fsp3) is 0.158. The average Bonchev–Trinajstić information content (AvgIpc) is 3.14. The lowest BCUT2D eigenvalue weighted by atomic mass is 10.0. The molecule has 2 heterocycles. The number of carbonyl (C=O) groups excluding carboxylic acids is 1. The standard InChI is InChI=1S/C19H16N2O/c22-17-8-7-15(12-17)10-14-4-3-5-16(11-14)18-13-20-19-6-1-2-9-21(18)19/h1-6,9,11-13H,7-8,10H2.